The van der Waals surface area contributed by atoms with Crippen molar-refractivity contribution in [3.05, 3.63) is 41.6 Å². The molecule has 0 aliphatic heterocycles. The summed E-state index contributed by atoms with van der Waals surface area (Å²) in [6.07, 6.45) is 0. The van der Waals surface area contributed by atoms with Crippen LogP contribution in [0.15, 0.2) is 30.3 Å². The SMILES string of the molecule is Cc1nn(C)c2nc(N(C)[C@@H](CN(C)C)c3ccccc3)sc12. The fraction of sp³-hybridized carbons (Fsp3) is 0.412. The largest absolute Gasteiger partial charge is 0.343 e. The van der Waals surface area contributed by atoms with Crippen molar-refractivity contribution in [3.63, 3.8) is 0 Å². The molecule has 0 unspecified atom stereocenters. The van der Waals surface area contributed by atoms with E-state index in [1.54, 1.807) is 11.3 Å². The minimum absolute atomic E-state index is 0.264. The number of fused-ring (bicyclic) bond motifs is 1. The Kier molecular flexibility index (Phi) is 4.37. The van der Waals surface area contributed by atoms with Crippen LogP contribution < -0.4 is 4.90 Å². The van der Waals surface area contributed by atoms with Gasteiger partial charge < -0.3 is 9.80 Å². The van der Waals surface area contributed by atoms with Gasteiger partial charge in [0.25, 0.3) is 0 Å². The van der Waals surface area contributed by atoms with Gasteiger partial charge in [-0.25, -0.2) is 9.67 Å². The maximum absolute atomic E-state index is 4.81. The molecule has 0 N–H and O–H groups in total. The Labute approximate surface area is 141 Å². The fourth-order valence-electron chi connectivity index (χ4n) is 2.83. The first-order valence-corrected chi connectivity index (χ1v) is 8.51. The zero-order valence-electron chi connectivity index (χ0n) is 14.3. The van der Waals surface area contributed by atoms with Crippen LogP contribution in [0.5, 0.6) is 0 Å². The van der Waals surface area contributed by atoms with Crippen LogP contribution in [0.2, 0.25) is 0 Å². The van der Waals surface area contributed by atoms with Crippen molar-refractivity contribution in [2.45, 2.75) is 13.0 Å². The fourth-order valence-corrected chi connectivity index (χ4v) is 3.87. The average molecular weight is 329 g/mol. The van der Waals surface area contributed by atoms with Gasteiger partial charge in [0.1, 0.15) is 0 Å². The van der Waals surface area contributed by atoms with Crippen LogP contribution in [-0.2, 0) is 7.05 Å². The molecular weight excluding hydrogens is 306 g/mol. The average Bonchev–Trinajstić information content (AvgIpc) is 3.07. The van der Waals surface area contributed by atoms with Crippen molar-refractivity contribution in [2.75, 3.05) is 32.6 Å². The van der Waals surface area contributed by atoms with Crippen molar-refractivity contribution in [2.24, 2.45) is 7.05 Å². The van der Waals surface area contributed by atoms with Gasteiger partial charge >= 0.3 is 0 Å². The first-order valence-electron chi connectivity index (χ1n) is 7.70. The Balaban J connectivity index is 1.98. The van der Waals surface area contributed by atoms with Crippen LogP contribution in [0, 0.1) is 6.92 Å². The van der Waals surface area contributed by atoms with Gasteiger partial charge in [-0.2, -0.15) is 5.10 Å². The third-order valence-electron chi connectivity index (χ3n) is 4.02. The molecule has 23 heavy (non-hydrogen) atoms. The number of rotatable bonds is 5. The highest BCUT2D eigenvalue weighted by atomic mass is 32.1. The summed E-state index contributed by atoms with van der Waals surface area (Å²) < 4.78 is 3.04. The second-order valence-electron chi connectivity index (χ2n) is 6.16. The summed E-state index contributed by atoms with van der Waals surface area (Å²) >= 11 is 1.72. The maximum Gasteiger partial charge on any atom is 0.188 e. The molecule has 1 atom stereocenters. The summed E-state index contributed by atoms with van der Waals surface area (Å²) in [6, 6.07) is 10.9. The molecule has 0 fully saturated rings. The highest BCUT2D eigenvalue weighted by Gasteiger charge is 2.22. The number of thiazole rings is 1. The Morgan fingerprint density at radius 1 is 1.17 bits per heavy atom. The second-order valence-corrected chi connectivity index (χ2v) is 7.14. The van der Waals surface area contributed by atoms with Crippen LogP contribution in [0.3, 0.4) is 0 Å². The molecule has 0 saturated carbocycles. The van der Waals surface area contributed by atoms with Gasteiger partial charge in [-0.15, -0.1) is 0 Å². The summed E-state index contributed by atoms with van der Waals surface area (Å²) in [5.74, 6) is 0. The molecule has 5 nitrogen and oxygen atoms in total. The highest BCUT2D eigenvalue weighted by Crippen LogP contribution is 2.34. The number of hydrogen-bond donors (Lipinski definition) is 0. The summed E-state index contributed by atoms with van der Waals surface area (Å²) in [4.78, 5) is 9.31. The number of hydrogen-bond acceptors (Lipinski definition) is 5. The van der Waals surface area contributed by atoms with E-state index in [9.17, 15) is 0 Å². The van der Waals surface area contributed by atoms with Crippen LogP contribution >= 0.6 is 11.3 Å². The first-order chi connectivity index (χ1) is 11.0. The minimum Gasteiger partial charge on any atom is -0.343 e. The molecule has 1 aromatic carbocycles. The van der Waals surface area contributed by atoms with Gasteiger partial charge in [-0.05, 0) is 26.6 Å². The van der Waals surface area contributed by atoms with Crippen LogP contribution in [-0.4, -0.2) is 47.4 Å². The predicted octanol–water partition coefficient (Wildman–Crippen LogP) is 3.08. The summed E-state index contributed by atoms with van der Waals surface area (Å²) in [5, 5.41) is 5.47. The van der Waals surface area contributed by atoms with E-state index in [4.69, 9.17) is 4.98 Å². The van der Waals surface area contributed by atoms with Gasteiger partial charge in [0.05, 0.1) is 16.4 Å². The lowest BCUT2D eigenvalue weighted by molar-refractivity contribution is 0.370. The van der Waals surface area contributed by atoms with Gasteiger partial charge in [0.2, 0.25) is 0 Å². The standard InChI is InChI=1S/C17H23N5S/c1-12-15-16(22(5)19-12)18-17(23-15)21(4)14(11-20(2)3)13-9-7-6-8-10-13/h6-10,14H,11H2,1-5H3/t14-/m0/s1. The topological polar surface area (TPSA) is 37.2 Å². The number of nitrogens with zero attached hydrogens (tertiary/aromatic N) is 5. The van der Waals surface area contributed by atoms with E-state index in [-0.39, 0.29) is 6.04 Å². The number of likely N-dealkylation sites (N-methyl/N-ethyl adjacent to an activating group) is 2. The van der Waals surface area contributed by atoms with E-state index in [1.165, 1.54) is 10.3 Å². The Hall–Kier alpha value is -1.92. The van der Waals surface area contributed by atoms with Crippen molar-refractivity contribution in [1.82, 2.24) is 19.7 Å². The van der Waals surface area contributed by atoms with Crippen molar-refractivity contribution in [3.8, 4) is 0 Å². The molecule has 0 spiro atoms. The smallest absolute Gasteiger partial charge is 0.188 e. The molecule has 3 rings (SSSR count). The Morgan fingerprint density at radius 2 is 1.87 bits per heavy atom. The molecule has 0 aliphatic rings. The molecule has 2 aromatic heterocycles. The van der Waals surface area contributed by atoms with Gasteiger partial charge in [0, 0.05) is 20.6 Å². The summed E-state index contributed by atoms with van der Waals surface area (Å²) in [5.41, 5.74) is 3.31. The van der Waals surface area contributed by atoms with E-state index in [2.05, 4.69) is 66.4 Å². The minimum atomic E-state index is 0.264. The summed E-state index contributed by atoms with van der Waals surface area (Å²) in [6.45, 7) is 2.98. The van der Waals surface area contributed by atoms with Crippen molar-refractivity contribution in [1.29, 1.82) is 0 Å². The highest BCUT2D eigenvalue weighted by molar-refractivity contribution is 7.22. The predicted molar refractivity (Wildman–Crippen MR) is 97.3 cm³/mol. The quantitative estimate of drug-likeness (QED) is 0.721. The van der Waals surface area contributed by atoms with Crippen LogP contribution in [0.1, 0.15) is 17.3 Å². The third kappa shape index (κ3) is 3.09. The maximum atomic E-state index is 4.81. The van der Waals surface area contributed by atoms with Gasteiger partial charge in [-0.3, -0.25) is 0 Å². The molecule has 0 saturated heterocycles. The van der Waals surface area contributed by atoms with E-state index >= 15 is 0 Å². The van der Waals surface area contributed by atoms with Gasteiger partial charge in [0.15, 0.2) is 10.8 Å². The first kappa shape index (κ1) is 16.0. The molecule has 6 heteroatoms. The normalized spacial score (nSPS) is 13.0. The van der Waals surface area contributed by atoms with Crippen LogP contribution in [0.4, 0.5) is 5.13 Å². The monoisotopic (exact) mass is 329 g/mol. The Morgan fingerprint density at radius 3 is 2.48 bits per heavy atom. The van der Waals surface area contributed by atoms with E-state index in [1.807, 2.05) is 18.7 Å². The number of anilines is 1. The van der Waals surface area contributed by atoms with E-state index in [0.717, 1.165) is 23.0 Å². The van der Waals surface area contributed by atoms with Crippen LogP contribution in [0.25, 0.3) is 10.3 Å². The lowest BCUT2D eigenvalue weighted by Gasteiger charge is -2.30. The number of benzene rings is 1. The number of aromatic nitrogens is 3. The van der Waals surface area contributed by atoms with Crippen molar-refractivity contribution >= 4 is 26.8 Å². The number of aryl methyl sites for hydroxylation is 2. The van der Waals surface area contributed by atoms with E-state index < -0.39 is 0 Å². The van der Waals surface area contributed by atoms with Crippen molar-refractivity contribution < 1.29 is 0 Å². The molecule has 122 valence electrons. The molecule has 2 heterocycles. The molecule has 0 amide bonds. The van der Waals surface area contributed by atoms with E-state index in [0.29, 0.717) is 0 Å². The molecule has 0 radical (unpaired) electrons. The Bertz CT molecular complexity index is 756. The third-order valence-corrected chi connectivity index (χ3v) is 5.27. The molecule has 0 bridgehead atoms. The zero-order chi connectivity index (χ0) is 16.6. The molecule has 3 aromatic rings. The summed E-state index contributed by atoms with van der Waals surface area (Å²) in [7, 11) is 8.29. The zero-order valence-corrected chi connectivity index (χ0v) is 15.1. The van der Waals surface area contributed by atoms with Gasteiger partial charge in [-0.1, -0.05) is 41.7 Å². The molecule has 0 aliphatic carbocycles. The lowest BCUT2D eigenvalue weighted by Crippen LogP contribution is -2.32. The lowest BCUT2D eigenvalue weighted by atomic mass is 10.1. The molecular formula is C17H23N5S. The second kappa shape index (κ2) is 6.29.